The molecule has 164 valence electrons. The van der Waals surface area contributed by atoms with Gasteiger partial charge in [0.05, 0.1) is 12.4 Å². The first-order valence-electron chi connectivity index (χ1n) is 10.3. The van der Waals surface area contributed by atoms with Gasteiger partial charge in [-0.15, -0.1) is 10.2 Å². The molecule has 0 atom stereocenters. The maximum Gasteiger partial charge on any atom is 0.300 e. The highest BCUT2D eigenvalue weighted by Crippen LogP contribution is 2.19. The largest absolute Gasteiger partial charge is 0.494 e. The van der Waals surface area contributed by atoms with Gasteiger partial charge in [-0.05, 0) is 49.2 Å². The van der Waals surface area contributed by atoms with E-state index in [4.69, 9.17) is 4.74 Å². The van der Waals surface area contributed by atoms with E-state index in [0.717, 1.165) is 23.4 Å². The Morgan fingerprint density at radius 2 is 1.84 bits per heavy atom. The van der Waals surface area contributed by atoms with E-state index >= 15 is 0 Å². The second-order valence-electron chi connectivity index (χ2n) is 6.92. The van der Waals surface area contributed by atoms with Gasteiger partial charge in [0, 0.05) is 23.8 Å². The molecule has 0 aliphatic carbocycles. The Balaban J connectivity index is 1.49. The number of para-hydroxylation sites is 1. The number of aryl methyl sites for hydroxylation is 1. The van der Waals surface area contributed by atoms with Crippen molar-refractivity contribution in [2.24, 2.45) is 0 Å². The molecule has 1 amide bonds. The lowest BCUT2D eigenvalue weighted by molar-refractivity contribution is -0.113. The standard InChI is InChI=1S/C23H23N5O3S/c1-3-16-7-5-6-8-19(16)24-20(29)15-32-23-26-25-21-22(30)27(13-14-28(21)23)17-9-11-18(12-10-17)31-4-2/h5-14H,3-4,15H2,1-2H3,(H,24,29). The summed E-state index contributed by atoms with van der Waals surface area (Å²) in [5.41, 5.74) is 2.49. The molecule has 2 heterocycles. The highest BCUT2D eigenvalue weighted by molar-refractivity contribution is 7.99. The molecule has 0 aliphatic heterocycles. The van der Waals surface area contributed by atoms with Gasteiger partial charge in [-0.1, -0.05) is 36.9 Å². The highest BCUT2D eigenvalue weighted by Gasteiger charge is 2.14. The fourth-order valence-electron chi connectivity index (χ4n) is 3.30. The minimum Gasteiger partial charge on any atom is -0.494 e. The molecule has 9 heteroatoms. The van der Waals surface area contributed by atoms with E-state index in [0.29, 0.717) is 17.5 Å². The van der Waals surface area contributed by atoms with Crippen LogP contribution in [-0.4, -0.2) is 37.4 Å². The maximum atomic E-state index is 12.9. The Hall–Kier alpha value is -3.59. The molecular formula is C23H23N5O3S. The molecular weight excluding hydrogens is 426 g/mol. The first kappa shape index (κ1) is 21.6. The van der Waals surface area contributed by atoms with Crippen LogP contribution < -0.4 is 15.6 Å². The van der Waals surface area contributed by atoms with Crippen molar-refractivity contribution in [1.29, 1.82) is 0 Å². The van der Waals surface area contributed by atoms with Gasteiger partial charge in [-0.2, -0.15) is 0 Å². The van der Waals surface area contributed by atoms with Gasteiger partial charge in [-0.3, -0.25) is 18.6 Å². The van der Waals surface area contributed by atoms with E-state index in [2.05, 4.69) is 15.5 Å². The number of anilines is 1. The molecule has 0 unspecified atom stereocenters. The summed E-state index contributed by atoms with van der Waals surface area (Å²) in [5.74, 6) is 0.752. The van der Waals surface area contributed by atoms with E-state index in [1.54, 1.807) is 16.8 Å². The number of thioether (sulfide) groups is 1. The lowest BCUT2D eigenvalue weighted by atomic mass is 10.1. The van der Waals surface area contributed by atoms with E-state index in [-0.39, 0.29) is 22.9 Å². The third-order valence-corrected chi connectivity index (χ3v) is 5.81. The zero-order valence-corrected chi connectivity index (χ0v) is 18.6. The minimum absolute atomic E-state index is 0.143. The topological polar surface area (TPSA) is 90.5 Å². The number of hydrogen-bond acceptors (Lipinski definition) is 6. The molecule has 0 saturated carbocycles. The molecule has 4 rings (SSSR count). The van der Waals surface area contributed by atoms with E-state index < -0.39 is 0 Å². The fourth-order valence-corrected chi connectivity index (χ4v) is 4.02. The van der Waals surface area contributed by atoms with Crippen LogP contribution in [0, 0.1) is 0 Å². The third kappa shape index (κ3) is 4.52. The molecule has 0 fully saturated rings. The Labute approximate surface area is 189 Å². The molecule has 2 aromatic heterocycles. The molecule has 0 spiro atoms. The minimum atomic E-state index is -0.294. The van der Waals surface area contributed by atoms with Crippen LogP contribution in [0.5, 0.6) is 5.75 Å². The summed E-state index contributed by atoms with van der Waals surface area (Å²) >= 11 is 1.23. The number of carbonyl (C=O) groups is 1. The SMILES string of the molecule is CCOc1ccc(-n2ccn3c(SCC(=O)Nc4ccccc4CC)nnc3c2=O)cc1. The quantitative estimate of drug-likeness (QED) is 0.414. The average Bonchev–Trinajstić information content (AvgIpc) is 3.23. The number of amides is 1. The Kier molecular flexibility index (Phi) is 6.55. The molecule has 0 saturated heterocycles. The molecule has 0 radical (unpaired) electrons. The lowest BCUT2D eigenvalue weighted by Crippen LogP contribution is -2.20. The van der Waals surface area contributed by atoms with Gasteiger partial charge >= 0.3 is 5.56 Å². The summed E-state index contributed by atoms with van der Waals surface area (Å²) in [4.78, 5) is 25.3. The van der Waals surface area contributed by atoms with Crippen LogP contribution in [0.4, 0.5) is 5.69 Å². The van der Waals surface area contributed by atoms with E-state index in [1.165, 1.54) is 16.3 Å². The summed E-state index contributed by atoms with van der Waals surface area (Å²) in [6.07, 6.45) is 4.22. The summed E-state index contributed by atoms with van der Waals surface area (Å²) in [5, 5.41) is 11.6. The van der Waals surface area contributed by atoms with Crippen molar-refractivity contribution in [2.45, 2.75) is 25.4 Å². The summed E-state index contributed by atoms with van der Waals surface area (Å²) in [7, 11) is 0. The van der Waals surface area contributed by atoms with Gasteiger partial charge in [0.1, 0.15) is 5.75 Å². The van der Waals surface area contributed by atoms with Crippen molar-refractivity contribution in [3.8, 4) is 11.4 Å². The first-order chi connectivity index (χ1) is 15.6. The zero-order valence-electron chi connectivity index (χ0n) is 17.8. The highest BCUT2D eigenvalue weighted by atomic mass is 32.2. The first-order valence-corrected chi connectivity index (χ1v) is 11.3. The van der Waals surface area contributed by atoms with Crippen LogP contribution in [0.15, 0.2) is 70.9 Å². The van der Waals surface area contributed by atoms with Gasteiger partial charge < -0.3 is 10.1 Å². The molecule has 4 aromatic rings. The van der Waals surface area contributed by atoms with Crippen molar-refractivity contribution >= 4 is 29.0 Å². The van der Waals surface area contributed by atoms with Crippen molar-refractivity contribution in [2.75, 3.05) is 17.7 Å². The Morgan fingerprint density at radius 3 is 2.59 bits per heavy atom. The average molecular weight is 450 g/mol. The predicted molar refractivity (Wildman–Crippen MR) is 125 cm³/mol. The van der Waals surface area contributed by atoms with Crippen LogP contribution in [0.25, 0.3) is 11.3 Å². The number of aromatic nitrogens is 4. The Morgan fingerprint density at radius 1 is 1.06 bits per heavy atom. The molecule has 0 bridgehead atoms. The number of hydrogen-bond donors (Lipinski definition) is 1. The van der Waals surface area contributed by atoms with Crippen LogP contribution in [0.3, 0.4) is 0 Å². The van der Waals surface area contributed by atoms with Crippen LogP contribution >= 0.6 is 11.8 Å². The van der Waals surface area contributed by atoms with Gasteiger partial charge in [0.25, 0.3) is 0 Å². The van der Waals surface area contributed by atoms with Gasteiger partial charge in [0.2, 0.25) is 11.6 Å². The second kappa shape index (κ2) is 9.69. The normalized spacial score (nSPS) is 10.9. The number of ether oxygens (including phenoxy) is 1. The number of nitrogens with zero attached hydrogens (tertiary/aromatic N) is 4. The summed E-state index contributed by atoms with van der Waals surface area (Å²) in [6.45, 7) is 4.54. The van der Waals surface area contributed by atoms with Crippen LogP contribution in [-0.2, 0) is 11.2 Å². The number of benzene rings is 2. The van der Waals surface area contributed by atoms with Crippen molar-refractivity contribution in [3.05, 3.63) is 76.8 Å². The van der Waals surface area contributed by atoms with Crippen molar-refractivity contribution in [3.63, 3.8) is 0 Å². The predicted octanol–water partition coefficient (Wildman–Crippen LogP) is 3.57. The maximum absolute atomic E-state index is 12.9. The number of rotatable bonds is 8. The molecule has 0 aliphatic rings. The lowest BCUT2D eigenvalue weighted by Gasteiger charge is -2.09. The smallest absolute Gasteiger partial charge is 0.300 e. The van der Waals surface area contributed by atoms with Crippen molar-refractivity contribution < 1.29 is 9.53 Å². The number of nitrogens with one attached hydrogen (secondary N) is 1. The van der Waals surface area contributed by atoms with Gasteiger partial charge in [-0.25, -0.2) is 0 Å². The molecule has 2 aromatic carbocycles. The second-order valence-corrected chi connectivity index (χ2v) is 7.87. The van der Waals surface area contributed by atoms with E-state index in [1.807, 2.05) is 62.4 Å². The van der Waals surface area contributed by atoms with Gasteiger partial charge in [0.15, 0.2) is 5.16 Å². The monoisotopic (exact) mass is 449 g/mol. The van der Waals surface area contributed by atoms with Crippen LogP contribution in [0.1, 0.15) is 19.4 Å². The molecule has 32 heavy (non-hydrogen) atoms. The number of carbonyl (C=O) groups excluding carboxylic acids is 1. The van der Waals surface area contributed by atoms with Crippen LogP contribution in [0.2, 0.25) is 0 Å². The fraction of sp³-hybridized carbons (Fsp3) is 0.217. The van der Waals surface area contributed by atoms with Crippen molar-refractivity contribution in [1.82, 2.24) is 19.2 Å². The molecule has 1 N–H and O–H groups in total. The Bertz CT molecular complexity index is 1300. The molecule has 8 nitrogen and oxygen atoms in total. The summed E-state index contributed by atoms with van der Waals surface area (Å²) < 4.78 is 8.55. The van der Waals surface area contributed by atoms with E-state index in [9.17, 15) is 9.59 Å². The number of fused-ring (bicyclic) bond motifs is 1. The zero-order chi connectivity index (χ0) is 22.5. The third-order valence-electron chi connectivity index (χ3n) is 4.87. The summed E-state index contributed by atoms with van der Waals surface area (Å²) in [6, 6.07) is 15.0.